The third-order valence-electron chi connectivity index (χ3n) is 3.88. The van der Waals surface area contributed by atoms with Gasteiger partial charge in [0.05, 0.1) is 11.4 Å². The van der Waals surface area contributed by atoms with E-state index < -0.39 is 0 Å². The fourth-order valence-electron chi connectivity index (χ4n) is 2.95. The van der Waals surface area contributed by atoms with Crippen LogP contribution >= 0.6 is 0 Å². The van der Waals surface area contributed by atoms with Gasteiger partial charge in [-0.05, 0) is 68.7 Å². The van der Waals surface area contributed by atoms with Crippen molar-refractivity contribution in [3.63, 3.8) is 0 Å². The van der Waals surface area contributed by atoms with Gasteiger partial charge in [-0.15, -0.1) is 0 Å². The molecule has 22 heavy (non-hydrogen) atoms. The number of hydrogen-bond donors (Lipinski definition) is 2. The Morgan fingerprint density at radius 3 is 2.23 bits per heavy atom. The molecule has 0 bridgehead atoms. The Morgan fingerprint density at radius 1 is 1.05 bits per heavy atom. The molecule has 1 aliphatic heterocycles. The Labute approximate surface area is 130 Å². The number of rotatable bonds is 2. The number of allylic oxidation sites excluding steroid dienone is 2. The maximum absolute atomic E-state index is 9.56. The van der Waals surface area contributed by atoms with Crippen molar-refractivity contribution in [3.8, 4) is 5.75 Å². The average Bonchev–Trinajstić information content (AvgIpc) is 2.95. The molecule has 1 aliphatic rings. The van der Waals surface area contributed by atoms with Gasteiger partial charge in [0.25, 0.3) is 0 Å². The number of H-pyrrole nitrogens is 1. The SMILES string of the molecule is CC1=CC(C)=N/C1=C(/c1ccc(O)cc1)c1[nH]c(C)cc1C. The normalized spacial score (nSPS) is 16.5. The van der Waals surface area contributed by atoms with E-state index in [1.807, 2.05) is 19.1 Å². The first-order chi connectivity index (χ1) is 10.5. The van der Waals surface area contributed by atoms with Crippen LogP contribution < -0.4 is 0 Å². The highest BCUT2D eigenvalue weighted by molar-refractivity contribution is 6.01. The third-order valence-corrected chi connectivity index (χ3v) is 3.88. The van der Waals surface area contributed by atoms with Crippen LogP contribution in [0.2, 0.25) is 0 Å². The van der Waals surface area contributed by atoms with Crippen LogP contribution in [0.5, 0.6) is 5.75 Å². The first-order valence-corrected chi connectivity index (χ1v) is 7.40. The Balaban J connectivity index is 2.29. The minimum absolute atomic E-state index is 0.269. The molecule has 0 saturated heterocycles. The van der Waals surface area contributed by atoms with E-state index in [-0.39, 0.29) is 5.75 Å². The highest BCUT2D eigenvalue weighted by Gasteiger charge is 2.19. The van der Waals surface area contributed by atoms with E-state index in [2.05, 4.69) is 37.9 Å². The molecule has 0 atom stereocenters. The summed E-state index contributed by atoms with van der Waals surface area (Å²) < 4.78 is 0. The van der Waals surface area contributed by atoms with Gasteiger partial charge in [0.2, 0.25) is 0 Å². The summed E-state index contributed by atoms with van der Waals surface area (Å²) in [6.07, 6.45) is 2.10. The van der Waals surface area contributed by atoms with Gasteiger partial charge in [0.1, 0.15) is 5.75 Å². The maximum atomic E-state index is 9.56. The van der Waals surface area contributed by atoms with E-state index in [1.165, 1.54) is 5.56 Å². The molecule has 2 heterocycles. The second kappa shape index (κ2) is 5.34. The fraction of sp³-hybridized carbons (Fsp3) is 0.211. The molecular weight excluding hydrogens is 272 g/mol. The number of aromatic nitrogens is 1. The van der Waals surface area contributed by atoms with Crippen LogP contribution in [0.25, 0.3) is 5.57 Å². The standard InChI is InChI=1S/C19H20N2O/c1-11-9-13(3)20-18(11)17(15-5-7-16(22)8-6-15)19-12(2)10-14(4)21-19/h5-10,20,22H,1-4H3/b19-17-. The molecule has 0 spiro atoms. The molecule has 2 aromatic rings. The minimum Gasteiger partial charge on any atom is -0.508 e. The fourth-order valence-corrected chi connectivity index (χ4v) is 2.95. The Morgan fingerprint density at radius 2 is 1.73 bits per heavy atom. The molecule has 3 heteroatoms. The predicted octanol–water partition coefficient (Wildman–Crippen LogP) is 4.52. The number of aromatic amines is 1. The number of nitrogens with one attached hydrogen (secondary N) is 1. The van der Waals surface area contributed by atoms with E-state index in [0.29, 0.717) is 0 Å². The van der Waals surface area contributed by atoms with Crippen LogP contribution in [0.3, 0.4) is 0 Å². The molecule has 0 aliphatic carbocycles. The van der Waals surface area contributed by atoms with E-state index >= 15 is 0 Å². The van der Waals surface area contributed by atoms with Gasteiger partial charge in [0.15, 0.2) is 0 Å². The Hall–Kier alpha value is -2.55. The van der Waals surface area contributed by atoms with Crippen molar-refractivity contribution < 1.29 is 5.11 Å². The lowest BCUT2D eigenvalue weighted by molar-refractivity contribution is 0.475. The monoisotopic (exact) mass is 292 g/mol. The number of phenolic OH excluding ortho intramolecular Hbond substituents is 1. The summed E-state index contributed by atoms with van der Waals surface area (Å²) in [5.41, 5.74) is 8.71. The number of aliphatic imine (C=N–C) groups is 1. The zero-order chi connectivity index (χ0) is 15.9. The van der Waals surface area contributed by atoms with Crippen LogP contribution in [0, 0.1) is 13.8 Å². The van der Waals surface area contributed by atoms with E-state index in [1.54, 1.807) is 12.1 Å². The van der Waals surface area contributed by atoms with Gasteiger partial charge >= 0.3 is 0 Å². The van der Waals surface area contributed by atoms with Crippen LogP contribution in [-0.2, 0) is 0 Å². The van der Waals surface area contributed by atoms with Gasteiger partial charge in [0, 0.05) is 17.0 Å². The number of phenols is 1. The number of hydrogen-bond acceptors (Lipinski definition) is 2. The lowest BCUT2D eigenvalue weighted by Gasteiger charge is -2.12. The van der Waals surface area contributed by atoms with Gasteiger partial charge < -0.3 is 10.1 Å². The number of nitrogens with zero attached hydrogens (tertiary/aromatic N) is 1. The van der Waals surface area contributed by atoms with Crippen molar-refractivity contribution in [2.45, 2.75) is 27.7 Å². The molecule has 0 saturated carbocycles. The molecular formula is C19H20N2O. The average molecular weight is 292 g/mol. The summed E-state index contributed by atoms with van der Waals surface area (Å²) in [6, 6.07) is 9.44. The smallest absolute Gasteiger partial charge is 0.115 e. The van der Waals surface area contributed by atoms with E-state index in [9.17, 15) is 5.11 Å². The van der Waals surface area contributed by atoms with Crippen LogP contribution in [0.1, 0.15) is 36.4 Å². The molecule has 0 amide bonds. The van der Waals surface area contributed by atoms with Gasteiger partial charge in [-0.25, -0.2) is 0 Å². The first-order valence-electron chi connectivity index (χ1n) is 7.40. The van der Waals surface area contributed by atoms with Crippen LogP contribution in [-0.4, -0.2) is 15.8 Å². The third kappa shape index (κ3) is 2.50. The second-order valence-corrected chi connectivity index (χ2v) is 5.86. The second-order valence-electron chi connectivity index (χ2n) is 5.86. The highest BCUT2D eigenvalue weighted by Crippen LogP contribution is 2.35. The van der Waals surface area contributed by atoms with Gasteiger partial charge in [-0.2, -0.15) is 0 Å². The van der Waals surface area contributed by atoms with Crippen molar-refractivity contribution in [3.05, 3.63) is 70.2 Å². The zero-order valence-corrected chi connectivity index (χ0v) is 13.4. The highest BCUT2D eigenvalue weighted by atomic mass is 16.3. The Bertz CT molecular complexity index is 818. The van der Waals surface area contributed by atoms with Crippen molar-refractivity contribution in [2.24, 2.45) is 4.99 Å². The summed E-state index contributed by atoms with van der Waals surface area (Å²) in [6.45, 7) is 8.25. The lowest BCUT2D eigenvalue weighted by Crippen LogP contribution is -1.96. The first kappa shape index (κ1) is 14.4. The summed E-state index contributed by atoms with van der Waals surface area (Å²) >= 11 is 0. The molecule has 1 aromatic heterocycles. The zero-order valence-electron chi connectivity index (χ0n) is 13.4. The number of aryl methyl sites for hydroxylation is 2. The molecule has 3 nitrogen and oxygen atoms in total. The summed E-state index contributed by atoms with van der Waals surface area (Å²) in [5.74, 6) is 0.269. The summed E-state index contributed by atoms with van der Waals surface area (Å²) in [4.78, 5) is 8.17. The topological polar surface area (TPSA) is 48.4 Å². The molecule has 0 radical (unpaired) electrons. The quantitative estimate of drug-likeness (QED) is 0.840. The predicted molar refractivity (Wildman–Crippen MR) is 91.3 cm³/mol. The van der Waals surface area contributed by atoms with Crippen molar-refractivity contribution in [1.29, 1.82) is 0 Å². The van der Waals surface area contributed by atoms with Crippen molar-refractivity contribution in [1.82, 2.24) is 4.98 Å². The van der Waals surface area contributed by atoms with Crippen LogP contribution in [0.15, 0.2) is 52.7 Å². The molecule has 0 unspecified atom stereocenters. The maximum Gasteiger partial charge on any atom is 0.115 e. The molecule has 2 N–H and O–H groups in total. The molecule has 1 aromatic carbocycles. The number of aromatic hydroxyl groups is 1. The van der Waals surface area contributed by atoms with Crippen LogP contribution in [0.4, 0.5) is 0 Å². The molecule has 3 rings (SSSR count). The van der Waals surface area contributed by atoms with Gasteiger partial charge in [-0.1, -0.05) is 12.1 Å². The van der Waals surface area contributed by atoms with E-state index in [0.717, 1.165) is 39.5 Å². The van der Waals surface area contributed by atoms with Crippen molar-refractivity contribution >= 4 is 11.3 Å². The summed E-state index contributed by atoms with van der Waals surface area (Å²) in [5, 5.41) is 9.56. The Kier molecular flexibility index (Phi) is 3.49. The number of benzene rings is 1. The minimum atomic E-state index is 0.269. The summed E-state index contributed by atoms with van der Waals surface area (Å²) in [7, 11) is 0. The van der Waals surface area contributed by atoms with Gasteiger partial charge in [-0.3, -0.25) is 4.99 Å². The van der Waals surface area contributed by atoms with Crippen molar-refractivity contribution in [2.75, 3.05) is 0 Å². The lowest BCUT2D eigenvalue weighted by atomic mass is 9.96. The largest absolute Gasteiger partial charge is 0.508 e. The molecule has 0 fully saturated rings. The molecule has 112 valence electrons. The van der Waals surface area contributed by atoms with E-state index in [4.69, 9.17) is 4.99 Å².